The molecule has 1 atom stereocenters. The number of amides is 2. The number of hydrogen-bond acceptors (Lipinski definition) is 4. The van der Waals surface area contributed by atoms with Crippen LogP contribution < -0.4 is 15.2 Å². The average molecular weight is 415 g/mol. The van der Waals surface area contributed by atoms with Gasteiger partial charge < -0.3 is 20.1 Å². The molecule has 0 aromatic heterocycles. The first-order valence-corrected chi connectivity index (χ1v) is 12.6. The van der Waals surface area contributed by atoms with Crippen LogP contribution in [-0.4, -0.2) is 50.0 Å². The number of carbonyl (C=O) groups is 3. The Morgan fingerprint density at radius 2 is 1.55 bits per heavy atom. The minimum absolute atomic E-state index is 0.471. The number of hydrogen-bond donors (Lipinski definition) is 2. The number of carboxylic acids is 1. The maximum atomic E-state index is 13.0. The van der Waals surface area contributed by atoms with Crippen LogP contribution in [0, 0.1) is 0 Å². The van der Waals surface area contributed by atoms with Crippen LogP contribution >= 0.6 is 0 Å². The van der Waals surface area contributed by atoms with E-state index in [9.17, 15) is 14.4 Å². The Labute approximate surface area is 171 Å². The fourth-order valence-corrected chi connectivity index (χ4v) is 4.04. The summed E-state index contributed by atoms with van der Waals surface area (Å²) in [6.45, 7) is 6.69. The van der Waals surface area contributed by atoms with E-state index in [4.69, 9.17) is 9.84 Å². The van der Waals surface area contributed by atoms with Crippen molar-refractivity contribution in [3.63, 3.8) is 0 Å². The minimum Gasteiger partial charge on any atom is -0.497 e. The summed E-state index contributed by atoms with van der Waals surface area (Å²) in [5.41, 5.74) is 1.05. The van der Waals surface area contributed by atoms with Gasteiger partial charge in [-0.2, -0.15) is 0 Å². The van der Waals surface area contributed by atoms with Gasteiger partial charge in [0.1, 0.15) is 11.8 Å². The number of anilines is 1. The summed E-state index contributed by atoms with van der Waals surface area (Å²) in [7, 11) is 1.34. The van der Waals surface area contributed by atoms with Gasteiger partial charge in [0.25, 0.3) is 5.91 Å². The molecule has 0 fully saturated rings. The second kappa shape index (κ2) is 8.91. The van der Waals surface area contributed by atoms with E-state index in [0.717, 1.165) is 4.90 Å². The average Bonchev–Trinajstić information content (AvgIpc) is 2.67. The van der Waals surface area contributed by atoms with Crippen molar-refractivity contribution in [3.05, 3.63) is 54.1 Å². The predicted molar refractivity (Wildman–Crippen MR) is 114 cm³/mol. The number of carboxylic acid groups (broad SMARTS) is 1. The number of rotatable bonds is 6. The predicted octanol–water partition coefficient (Wildman–Crippen LogP) is 2.46. The number of nitrogens with one attached hydrogen (secondary N) is 1. The van der Waals surface area contributed by atoms with Crippen LogP contribution in [0.3, 0.4) is 0 Å². The highest BCUT2D eigenvalue weighted by molar-refractivity contribution is 6.88. The van der Waals surface area contributed by atoms with E-state index < -0.39 is 31.9 Å². The topological polar surface area (TPSA) is 95.9 Å². The molecule has 0 heterocycles. The Balaban J connectivity index is 2.32. The van der Waals surface area contributed by atoms with Crippen molar-refractivity contribution < 1.29 is 24.2 Å². The molecule has 0 aliphatic rings. The summed E-state index contributed by atoms with van der Waals surface area (Å²) in [4.78, 5) is 37.1. The molecule has 2 aromatic rings. The first-order valence-electron chi connectivity index (χ1n) is 9.10. The molecule has 2 amide bonds. The molecular formula is C21H26N2O5Si. The highest BCUT2D eigenvalue weighted by atomic mass is 28.3. The third kappa shape index (κ3) is 5.45. The summed E-state index contributed by atoms with van der Waals surface area (Å²) < 4.78 is 5.12. The van der Waals surface area contributed by atoms with Gasteiger partial charge in [0.05, 0.1) is 15.2 Å². The highest BCUT2D eigenvalue weighted by Crippen LogP contribution is 2.24. The van der Waals surface area contributed by atoms with Crippen molar-refractivity contribution in [3.8, 4) is 5.75 Å². The number of likely N-dealkylation sites (N-methyl/N-ethyl adjacent to an activating group) is 1. The lowest BCUT2D eigenvalue weighted by atomic mass is 10.0. The molecule has 1 unspecified atom stereocenters. The first-order chi connectivity index (χ1) is 13.5. The van der Waals surface area contributed by atoms with E-state index in [2.05, 4.69) is 25.0 Å². The summed E-state index contributed by atoms with van der Waals surface area (Å²) in [6.07, 6.45) is 0. The number of nitrogens with zero attached hydrogens (tertiary/aromatic N) is 1. The van der Waals surface area contributed by atoms with Crippen LogP contribution in [0.25, 0.3) is 0 Å². The van der Waals surface area contributed by atoms with E-state index in [1.165, 1.54) is 19.3 Å². The molecule has 154 valence electrons. The molecule has 8 heteroatoms. The summed E-state index contributed by atoms with van der Waals surface area (Å²) in [5, 5.41) is 13.1. The molecule has 0 saturated carbocycles. The van der Waals surface area contributed by atoms with E-state index in [1.807, 2.05) is 24.3 Å². The lowest BCUT2D eigenvalue weighted by molar-refractivity contribution is -0.157. The number of carbonyl (C=O) groups excluding carboxylic acids is 2. The van der Waals surface area contributed by atoms with E-state index in [1.54, 1.807) is 24.3 Å². The first kappa shape index (κ1) is 22.2. The summed E-state index contributed by atoms with van der Waals surface area (Å²) in [5.74, 6) is -2.72. The monoisotopic (exact) mass is 414 g/mol. The molecule has 0 aliphatic carbocycles. The lowest BCUT2D eigenvalue weighted by Crippen LogP contribution is -2.42. The van der Waals surface area contributed by atoms with Crippen LogP contribution in [0.2, 0.25) is 19.6 Å². The second-order valence-electron chi connectivity index (χ2n) is 7.71. The van der Waals surface area contributed by atoms with Gasteiger partial charge in [-0.05, 0) is 29.8 Å². The Bertz CT molecular complexity index is 889. The normalized spacial score (nSPS) is 12.0. The standard InChI is InChI=1S/C21H26N2O5Si/c1-23(20(25)21(26)27)18(14-6-10-16(28-2)11-7-14)19(24)22-15-8-12-17(13-9-15)29(3,4)5/h6-13,18H,1-5H3,(H,22,24)(H,26,27). The highest BCUT2D eigenvalue weighted by Gasteiger charge is 2.32. The van der Waals surface area contributed by atoms with Crippen molar-refractivity contribution in [1.29, 1.82) is 0 Å². The molecule has 2 aromatic carbocycles. The van der Waals surface area contributed by atoms with Gasteiger partial charge in [0.15, 0.2) is 0 Å². The SMILES string of the molecule is COc1ccc(C(C(=O)Nc2ccc([Si](C)(C)C)cc2)N(C)C(=O)C(=O)O)cc1. The van der Waals surface area contributed by atoms with Gasteiger partial charge in [0.2, 0.25) is 0 Å². The summed E-state index contributed by atoms with van der Waals surface area (Å²) >= 11 is 0. The maximum Gasteiger partial charge on any atom is 0.394 e. The van der Waals surface area contributed by atoms with Gasteiger partial charge >= 0.3 is 11.9 Å². The third-order valence-corrected chi connectivity index (χ3v) is 6.65. The lowest BCUT2D eigenvalue weighted by Gasteiger charge is -2.26. The molecule has 0 saturated heterocycles. The minimum atomic E-state index is -1.63. The Hall–Kier alpha value is -3.13. The van der Waals surface area contributed by atoms with Crippen LogP contribution in [0.15, 0.2) is 48.5 Å². The fourth-order valence-electron chi connectivity index (χ4n) is 2.87. The molecule has 0 spiro atoms. The van der Waals surface area contributed by atoms with E-state index in [0.29, 0.717) is 17.0 Å². The maximum absolute atomic E-state index is 13.0. The van der Waals surface area contributed by atoms with Crippen molar-refractivity contribution in [1.82, 2.24) is 4.90 Å². The Morgan fingerprint density at radius 1 is 1.00 bits per heavy atom. The zero-order valence-corrected chi connectivity index (χ0v) is 18.2. The molecule has 7 nitrogen and oxygen atoms in total. The largest absolute Gasteiger partial charge is 0.497 e. The molecule has 2 rings (SSSR count). The molecule has 0 aliphatic heterocycles. The summed E-state index contributed by atoms with van der Waals surface area (Å²) in [6, 6.07) is 13.0. The number of benzene rings is 2. The zero-order valence-electron chi connectivity index (χ0n) is 17.2. The van der Waals surface area contributed by atoms with Crippen molar-refractivity contribution in [2.24, 2.45) is 0 Å². The molecule has 29 heavy (non-hydrogen) atoms. The molecule has 0 bridgehead atoms. The van der Waals surface area contributed by atoms with Gasteiger partial charge in [-0.15, -0.1) is 0 Å². The Morgan fingerprint density at radius 3 is 2.00 bits per heavy atom. The molecular weight excluding hydrogens is 388 g/mol. The smallest absolute Gasteiger partial charge is 0.394 e. The van der Waals surface area contributed by atoms with Crippen molar-refractivity contribution >= 4 is 36.7 Å². The fraction of sp³-hybridized carbons (Fsp3) is 0.286. The second-order valence-corrected chi connectivity index (χ2v) is 12.8. The van der Waals surface area contributed by atoms with Crippen LogP contribution in [0.5, 0.6) is 5.75 Å². The van der Waals surface area contributed by atoms with Crippen molar-refractivity contribution in [2.75, 3.05) is 19.5 Å². The van der Waals surface area contributed by atoms with Crippen LogP contribution in [0.1, 0.15) is 11.6 Å². The van der Waals surface area contributed by atoms with Gasteiger partial charge in [-0.25, -0.2) is 4.79 Å². The van der Waals surface area contributed by atoms with Gasteiger partial charge in [-0.1, -0.05) is 49.1 Å². The number of ether oxygens (including phenoxy) is 1. The quantitative estimate of drug-likeness (QED) is 0.559. The Kier molecular flexibility index (Phi) is 6.81. The number of aliphatic carboxylic acids is 1. The van der Waals surface area contributed by atoms with Crippen molar-refractivity contribution in [2.45, 2.75) is 25.7 Å². The molecule has 0 radical (unpaired) electrons. The molecule has 2 N–H and O–H groups in total. The van der Waals surface area contributed by atoms with Gasteiger partial charge in [0, 0.05) is 12.7 Å². The number of methoxy groups -OCH3 is 1. The van der Waals surface area contributed by atoms with Gasteiger partial charge in [-0.3, -0.25) is 9.59 Å². The third-order valence-electron chi connectivity index (χ3n) is 4.59. The van der Waals surface area contributed by atoms with Crippen LogP contribution in [0.4, 0.5) is 5.69 Å². The van der Waals surface area contributed by atoms with E-state index in [-0.39, 0.29) is 0 Å². The zero-order chi connectivity index (χ0) is 21.8. The van der Waals surface area contributed by atoms with E-state index >= 15 is 0 Å². The van der Waals surface area contributed by atoms with Crippen LogP contribution in [-0.2, 0) is 14.4 Å².